The SMILES string of the molecule is OCCCOc1ccc2ccc3cccc4ccc1c2c34. The Morgan fingerprint density at radius 3 is 2.19 bits per heavy atom. The molecule has 104 valence electrons. The zero-order valence-electron chi connectivity index (χ0n) is 11.7. The smallest absolute Gasteiger partial charge is 0.127 e. The molecule has 4 aromatic carbocycles. The molecule has 0 aliphatic rings. The van der Waals surface area contributed by atoms with Crippen LogP contribution in [0.25, 0.3) is 32.3 Å². The Morgan fingerprint density at radius 1 is 0.762 bits per heavy atom. The molecule has 0 aromatic heterocycles. The molecular weight excluding hydrogens is 260 g/mol. The predicted molar refractivity (Wildman–Crippen MR) is 87.3 cm³/mol. The highest BCUT2D eigenvalue weighted by Crippen LogP contribution is 2.38. The van der Waals surface area contributed by atoms with E-state index >= 15 is 0 Å². The van der Waals surface area contributed by atoms with Crippen molar-refractivity contribution >= 4 is 32.3 Å². The van der Waals surface area contributed by atoms with E-state index in [1.54, 1.807) is 0 Å². The lowest BCUT2D eigenvalue weighted by Gasteiger charge is -2.14. The van der Waals surface area contributed by atoms with E-state index in [1.165, 1.54) is 26.9 Å². The Morgan fingerprint density at radius 2 is 1.43 bits per heavy atom. The van der Waals surface area contributed by atoms with Crippen LogP contribution in [0.15, 0.2) is 54.6 Å². The Hall–Kier alpha value is -2.32. The van der Waals surface area contributed by atoms with Crippen molar-refractivity contribution in [2.24, 2.45) is 0 Å². The van der Waals surface area contributed by atoms with Crippen molar-refractivity contribution in [1.82, 2.24) is 0 Å². The van der Waals surface area contributed by atoms with Crippen LogP contribution in [0, 0.1) is 0 Å². The van der Waals surface area contributed by atoms with Crippen molar-refractivity contribution in [3.63, 3.8) is 0 Å². The molecule has 4 rings (SSSR count). The summed E-state index contributed by atoms with van der Waals surface area (Å²) in [5.41, 5.74) is 0. The summed E-state index contributed by atoms with van der Waals surface area (Å²) >= 11 is 0. The molecule has 0 saturated carbocycles. The monoisotopic (exact) mass is 276 g/mol. The minimum Gasteiger partial charge on any atom is -0.493 e. The van der Waals surface area contributed by atoms with Gasteiger partial charge in [0.1, 0.15) is 5.75 Å². The van der Waals surface area contributed by atoms with E-state index in [1.807, 2.05) is 6.07 Å². The molecule has 0 fully saturated rings. The Kier molecular flexibility index (Phi) is 2.90. The highest BCUT2D eigenvalue weighted by molar-refractivity contribution is 6.24. The summed E-state index contributed by atoms with van der Waals surface area (Å²) in [7, 11) is 0. The van der Waals surface area contributed by atoms with Crippen LogP contribution in [-0.2, 0) is 0 Å². The average Bonchev–Trinajstić information content (AvgIpc) is 2.54. The van der Waals surface area contributed by atoms with Gasteiger partial charge >= 0.3 is 0 Å². The molecule has 0 heterocycles. The van der Waals surface area contributed by atoms with Gasteiger partial charge in [0.2, 0.25) is 0 Å². The largest absolute Gasteiger partial charge is 0.493 e. The average molecular weight is 276 g/mol. The fraction of sp³-hybridized carbons (Fsp3) is 0.158. The van der Waals surface area contributed by atoms with Crippen LogP contribution in [0.3, 0.4) is 0 Å². The first kappa shape index (κ1) is 12.4. The van der Waals surface area contributed by atoms with Gasteiger partial charge in [-0.25, -0.2) is 0 Å². The maximum atomic E-state index is 8.90. The summed E-state index contributed by atoms with van der Waals surface area (Å²) in [6.45, 7) is 0.701. The van der Waals surface area contributed by atoms with Crippen molar-refractivity contribution in [2.75, 3.05) is 13.2 Å². The minimum absolute atomic E-state index is 0.159. The lowest BCUT2D eigenvalue weighted by molar-refractivity contribution is 0.235. The highest BCUT2D eigenvalue weighted by Gasteiger charge is 2.10. The molecule has 0 saturated heterocycles. The third-order valence-electron chi connectivity index (χ3n) is 4.05. The predicted octanol–water partition coefficient (Wildman–Crippen LogP) is 4.35. The number of rotatable bonds is 4. The van der Waals surface area contributed by atoms with Crippen molar-refractivity contribution in [2.45, 2.75) is 6.42 Å². The van der Waals surface area contributed by atoms with E-state index in [4.69, 9.17) is 9.84 Å². The lowest BCUT2D eigenvalue weighted by Crippen LogP contribution is -2.00. The molecule has 0 radical (unpaired) electrons. The Bertz CT molecular complexity index is 895. The second kappa shape index (κ2) is 4.90. The number of aliphatic hydroxyl groups excluding tert-OH is 1. The van der Waals surface area contributed by atoms with Gasteiger partial charge in [-0.3, -0.25) is 0 Å². The highest BCUT2D eigenvalue weighted by atomic mass is 16.5. The minimum atomic E-state index is 0.159. The maximum absolute atomic E-state index is 8.90. The van der Waals surface area contributed by atoms with Crippen LogP contribution >= 0.6 is 0 Å². The molecule has 4 aromatic rings. The molecule has 0 bridgehead atoms. The van der Waals surface area contributed by atoms with Gasteiger partial charge in [0.05, 0.1) is 6.61 Å². The topological polar surface area (TPSA) is 29.5 Å². The number of aliphatic hydroxyl groups is 1. The van der Waals surface area contributed by atoms with Gasteiger partial charge in [-0.2, -0.15) is 0 Å². The second-order valence-corrected chi connectivity index (χ2v) is 5.35. The third-order valence-corrected chi connectivity index (χ3v) is 4.05. The van der Waals surface area contributed by atoms with Crippen LogP contribution in [0.4, 0.5) is 0 Å². The van der Waals surface area contributed by atoms with E-state index in [0.29, 0.717) is 13.0 Å². The van der Waals surface area contributed by atoms with Gasteiger partial charge in [-0.15, -0.1) is 0 Å². The number of ether oxygens (including phenoxy) is 1. The zero-order valence-corrected chi connectivity index (χ0v) is 11.7. The number of hydrogen-bond donors (Lipinski definition) is 1. The van der Waals surface area contributed by atoms with Crippen LogP contribution in [-0.4, -0.2) is 18.3 Å². The fourth-order valence-electron chi connectivity index (χ4n) is 3.08. The molecule has 1 N–H and O–H groups in total. The molecular formula is C19H16O2. The fourth-order valence-corrected chi connectivity index (χ4v) is 3.08. The lowest BCUT2D eigenvalue weighted by atomic mass is 9.94. The molecule has 0 aliphatic heterocycles. The first-order chi connectivity index (χ1) is 10.4. The zero-order chi connectivity index (χ0) is 14.2. The van der Waals surface area contributed by atoms with Crippen molar-refractivity contribution in [3.8, 4) is 5.75 Å². The van der Waals surface area contributed by atoms with Gasteiger partial charge in [-0.05, 0) is 33.7 Å². The summed E-state index contributed by atoms with van der Waals surface area (Å²) < 4.78 is 5.84. The van der Waals surface area contributed by atoms with Gasteiger partial charge in [0.25, 0.3) is 0 Å². The van der Waals surface area contributed by atoms with Crippen LogP contribution in [0.5, 0.6) is 5.75 Å². The first-order valence-corrected chi connectivity index (χ1v) is 7.29. The van der Waals surface area contributed by atoms with Crippen molar-refractivity contribution < 1.29 is 9.84 Å². The first-order valence-electron chi connectivity index (χ1n) is 7.29. The van der Waals surface area contributed by atoms with Crippen LogP contribution in [0.2, 0.25) is 0 Å². The molecule has 0 unspecified atom stereocenters. The van der Waals surface area contributed by atoms with Crippen LogP contribution < -0.4 is 4.74 Å². The van der Waals surface area contributed by atoms with E-state index < -0.39 is 0 Å². The third kappa shape index (κ3) is 1.91. The summed E-state index contributed by atoms with van der Waals surface area (Å²) in [4.78, 5) is 0. The second-order valence-electron chi connectivity index (χ2n) is 5.35. The molecule has 21 heavy (non-hydrogen) atoms. The summed E-state index contributed by atoms with van der Waals surface area (Å²) in [5.74, 6) is 0.897. The normalized spacial score (nSPS) is 11.7. The quantitative estimate of drug-likeness (QED) is 0.443. The molecule has 2 nitrogen and oxygen atoms in total. The molecule has 0 atom stereocenters. The molecule has 0 spiro atoms. The van der Waals surface area contributed by atoms with Crippen LogP contribution in [0.1, 0.15) is 6.42 Å². The molecule has 2 heteroatoms. The van der Waals surface area contributed by atoms with E-state index in [0.717, 1.165) is 11.1 Å². The van der Waals surface area contributed by atoms with Gasteiger partial charge < -0.3 is 9.84 Å². The van der Waals surface area contributed by atoms with Gasteiger partial charge in [0.15, 0.2) is 0 Å². The maximum Gasteiger partial charge on any atom is 0.127 e. The van der Waals surface area contributed by atoms with E-state index in [-0.39, 0.29) is 6.61 Å². The van der Waals surface area contributed by atoms with Gasteiger partial charge in [0, 0.05) is 23.8 Å². The van der Waals surface area contributed by atoms with Crippen molar-refractivity contribution in [1.29, 1.82) is 0 Å². The number of benzene rings is 4. The summed E-state index contributed by atoms with van der Waals surface area (Å²) in [6, 6.07) is 19.2. The molecule has 0 amide bonds. The summed E-state index contributed by atoms with van der Waals surface area (Å²) in [5, 5.41) is 16.4. The molecule has 0 aliphatic carbocycles. The number of hydrogen-bond acceptors (Lipinski definition) is 2. The Labute approximate surface area is 122 Å². The standard InChI is InChI=1S/C19H16O2/c20-11-2-12-21-17-10-8-15-6-5-13-3-1-4-14-7-9-16(17)19(15)18(13)14/h1,3-10,20H,2,11-12H2. The van der Waals surface area contributed by atoms with E-state index in [2.05, 4.69) is 48.5 Å². The van der Waals surface area contributed by atoms with Gasteiger partial charge in [-0.1, -0.05) is 42.5 Å². The van der Waals surface area contributed by atoms with E-state index in [9.17, 15) is 0 Å². The van der Waals surface area contributed by atoms with Crippen molar-refractivity contribution in [3.05, 3.63) is 54.6 Å². The Balaban J connectivity index is 2.01. The summed E-state index contributed by atoms with van der Waals surface area (Å²) in [6.07, 6.45) is 0.655.